The normalized spacial score (nSPS) is 10.3. The van der Waals surface area contributed by atoms with Crippen molar-refractivity contribution in [1.82, 2.24) is 4.98 Å². The van der Waals surface area contributed by atoms with E-state index in [1.807, 2.05) is 6.92 Å². The van der Waals surface area contributed by atoms with Crippen LogP contribution in [0.5, 0.6) is 0 Å². The zero-order valence-electron chi connectivity index (χ0n) is 4.25. The second-order valence-electron chi connectivity index (χ2n) is 1.25. The summed E-state index contributed by atoms with van der Waals surface area (Å²) in [7, 11) is -3.44. The topological polar surface area (TPSA) is 12.0 Å². The number of halogens is 2. The van der Waals surface area contributed by atoms with Crippen LogP contribution in [0.25, 0.3) is 0 Å². The first-order chi connectivity index (χ1) is 3.27. The molecule has 0 unspecified atom stereocenters. The zero-order chi connectivity index (χ0) is 5.70. The minimum absolute atomic E-state index is 0.462. The van der Waals surface area contributed by atoms with E-state index < -0.39 is 9.63 Å². The summed E-state index contributed by atoms with van der Waals surface area (Å²) in [4.78, 5) is 2.10. The first kappa shape index (κ1) is 7.04. The van der Waals surface area contributed by atoms with Crippen molar-refractivity contribution in [2.75, 3.05) is 6.54 Å². The fourth-order valence-electron chi connectivity index (χ4n) is 0.253. The molecule has 0 rings (SSSR count). The van der Waals surface area contributed by atoms with Crippen LogP contribution in [0, 0.1) is 0 Å². The van der Waals surface area contributed by atoms with Gasteiger partial charge in [-0.1, -0.05) is 6.92 Å². The van der Waals surface area contributed by atoms with Crippen LogP contribution in [-0.2, 0) is 0 Å². The van der Waals surface area contributed by atoms with Gasteiger partial charge in [0.1, 0.15) is 0 Å². The standard InChI is InChI=1S/C3H9F2NSi/c1-2-3-6-7(4)5/h6-7H,2-3H2,1H3. The lowest BCUT2D eigenvalue weighted by molar-refractivity contribution is 0.608. The molecule has 0 heterocycles. The van der Waals surface area contributed by atoms with E-state index in [-0.39, 0.29) is 0 Å². The highest BCUT2D eigenvalue weighted by Gasteiger charge is 2.01. The summed E-state index contributed by atoms with van der Waals surface area (Å²) in [5, 5.41) is 0. The third-order valence-electron chi connectivity index (χ3n) is 0.549. The van der Waals surface area contributed by atoms with E-state index in [1.54, 1.807) is 0 Å². The average Bonchev–Trinajstić information content (AvgIpc) is 1.61. The minimum Gasteiger partial charge on any atom is -0.290 e. The molecule has 1 N–H and O–H groups in total. The van der Waals surface area contributed by atoms with Gasteiger partial charge in [0.05, 0.1) is 0 Å². The van der Waals surface area contributed by atoms with E-state index in [4.69, 9.17) is 0 Å². The maximum absolute atomic E-state index is 11.2. The van der Waals surface area contributed by atoms with E-state index in [9.17, 15) is 8.22 Å². The van der Waals surface area contributed by atoms with Crippen LogP contribution < -0.4 is 4.98 Å². The maximum Gasteiger partial charge on any atom is 0.489 e. The Morgan fingerprint density at radius 2 is 2.14 bits per heavy atom. The Labute approximate surface area is 43.8 Å². The van der Waals surface area contributed by atoms with Crippen molar-refractivity contribution in [1.29, 1.82) is 0 Å². The van der Waals surface area contributed by atoms with Gasteiger partial charge < -0.3 is 0 Å². The summed E-state index contributed by atoms with van der Waals surface area (Å²) in [5.74, 6) is 0. The highest BCUT2D eigenvalue weighted by Crippen LogP contribution is 1.78. The summed E-state index contributed by atoms with van der Waals surface area (Å²) < 4.78 is 22.5. The molecule has 0 fully saturated rings. The van der Waals surface area contributed by atoms with Crippen LogP contribution >= 0.6 is 0 Å². The van der Waals surface area contributed by atoms with E-state index >= 15 is 0 Å². The van der Waals surface area contributed by atoms with Crippen molar-refractivity contribution in [2.24, 2.45) is 0 Å². The van der Waals surface area contributed by atoms with Crippen molar-refractivity contribution in [3.05, 3.63) is 0 Å². The molecule has 0 aliphatic rings. The van der Waals surface area contributed by atoms with E-state index in [2.05, 4.69) is 4.98 Å². The monoisotopic (exact) mass is 125 g/mol. The quantitative estimate of drug-likeness (QED) is 0.431. The Morgan fingerprint density at radius 3 is 2.29 bits per heavy atom. The zero-order valence-corrected chi connectivity index (χ0v) is 5.40. The molecule has 0 aliphatic carbocycles. The first-order valence-corrected chi connectivity index (χ1v) is 3.74. The van der Waals surface area contributed by atoms with Crippen LogP contribution in [0.2, 0.25) is 0 Å². The van der Waals surface area contributed by atoms with E-state index in [0.717, 1.165) is 6.42 Å². The third-order valence-corrected chi connectivity index (χ3v) is 1.15. The Morgan fingerprint density at radius 1 is 1.57 bits per heavy atom. The lowest BCUT2D eigenvalue weighted by atomic mass is 10.5. The van der Waals surface area contributed by atoms with Gasteiger partial charge in [0.15, 0.2) is 0 Å². The smallest absolute Gasteiger partial charge is 0.290 e. The molecule has 7 heavy (non-hydrogen) atoms. The first-order valence-electron chi connectivity index (χ1n) is 2.29. The molecule has 0 aliphatic heterocycles. The predicted molar refractivity (Wildman–Crippen MR) is 27.7 cm³/mol. The molecule has 0 saturated carbocycles. The second-order valence-corrected chi connectivity index (χ2v) is 2.26. The van der Waals surface area contributed by atoms with Gasteiger partial charge in [0.25, 0.3) is 0 Å². The van der Waals surface area contributed by atoms with Crippen LogP contribution in [0.15, 0.2) is 0 Å². The van der Waals surface area contributed by atoms with Gasteiger partial charge in [-0.05, 0) is 13.0 Å². The number of hydrogen-bond donors (Lipinski definition) is 1. The van der Waals surface area contributed by atoms with Crippen molar-refractivity contribution in [3.63, 3.8) is 0 Å². The van der Waals surface area contributed by atoms with Crippen molar-refractivity contribution < 1.29 is 8.22 Å². The molecule has 0 aromatic carbocycles. The molecule has 0 radical (unpaired) electrons. The third kappa shape index (κ3) is 6.04. The number of rotatable bonds is 3. The number of nitrogens with one attached hydrogen (secondary N) is 1. The molecule has 0 amide bonds. The Hall–Kier alpha value is 0.0369. The van der Waals surface area contributed by atoms with Gasteiger partial charge in [-0.25, -0.2) is 0 Å². The maximum atomic E-state index is 11.2. The summed E-state index contributed by atoms with van der Waals surface area (Å²) in [6.07, 6.45) is 0.789. The van der Waals surface area contributed by atoms with E-state index in [0.29, 0.717) is 6.54 Å². The average molecular weight is 125 g/mol. The van der Waals surface area contributed by atoms with Gasteiger partial charge >= 0.3 is 9.63 Å². The van der Waals surface area contributed by atoms with Gasteiger partial charge in [0.2, 0.25) is 0 Å². The highest BCUT2D eigenvalue weighted by atomic mass is 28.4. The minimum atomic E-state index is -3.44. The van der Waals surface area contributed by atoms with Crippen molar-refractivity contribution >= 4 is 9.63 Å². The number of hydrogen-bond acceptors (Lipinski definition) is 1. The molecule has 0 saturated heterocycles. The lowest BCUT2D eigenvalue weighted by Gasteiger charge is -1.94. The molecule has 44 valence electrons. The van der Waals surface area contributed by atoms with Crippen LogP contribution in [0.1, 0.15) is 13.3 Å². The van der Waals surface area contributed by atoms with Crippen LogP contribution in [0.3, 0.4) is 0 Å². The largest absolute Gasteiger partial charge is 0.489 e. The molecule has 0 spiro atoms. The fourth-order valence-corrected chi connectivity index (χ4v) is 0.760. The molecular formula is C3H9F2NSi. The van der Waals surface area contributed by atoms with Crippen molar-refractivity contribution in [3.8, 4) is 0 Å². The fraction of sp³-hybridized carbons (Fsp3) is 1.00. The Kier molecular flexibility index (Phi) is 4.22. The summed E-state index contributed by atoms with van der Waals surface area (Å²) >= 11 is 0. The molecule has 1 nitrogen and oxygen atoms in total. The van der Waals surface area contributed by atoms with Gasteiger partial charge in [0, 0.05) is 0 Å². The van der Waals surface area contributed by atoms with Crippen LogP contribution in [-0.4, -0.2) is 16.2 Å². The second kappa shape index (κ2) is 4.20. The van der Waals surface area contributed by atoms with Gasteiger partial charge in [-0.15, -0.1) is 0 Å². The summed E-state index contributed by atoms with van der Waals surface area (Å²) in [6.45, 7) is 2.33. The van der Waals surface area contributed by atoms with E-state index in [1.165, 1.54) is 0 Å². The predicted octanol–water partition coefficient (Wildman–Crippen LogP) is 0.642. The van der Waals surface area contributed by atoms with Crippen LogP contribution in [0.4, 0.5) is 8.22 Å². The molecule has 4 heteroatoms. The Bertz CT molecular complexity index is 41.9. The van der Waals surface area contributed by atoms with Gasteiger partial charge in [-0.2, -0.15) is 0 Å². The van der Waals surface area contributed by atoms with Gasteiger partial charge in [-0.3, -0.25) is 13.2 Å². The summed E-state index contributed by atoms with van der Waals surface area (Å²) in [5.41, 5.74) is 0. The molecule has 0 bridgehead atoms. The summed E-state index contributed by atoms with van der Waals surface area (Å²) in [6, 6.07) is 0. The SMILES string of the molecule is CCCN[SiH](F)F. The van der Waals surface area contributed by atoms with Crippen molar-refractivity contribution in [2.45, 2.75) is 13.3 Å². The molecule has 0 aromatic heterocycles. The Balaban J connectivity index is 2.68. The lowest BCUT2D eigenvalue weighted by Crippen LogP contribution is -2.25. The molecule has 0 aromatic rings. The highest BCUT2D eigenvalue weighted by molar-refractivity contribution is 6.39. The molecule has 0 atom stereocenters. The molecular weight excluding hydrogens is 116 g/mol.